The SMILES string of the molecule is CCOc1ncccc1NC(=O)NCCC(C)C. The molecule has 2 amide bonds. The summed E-state index contributed by atoms with van der Waals surface area (Å²) in [5, 5.41) is 5.53. The van der Waals surface area contributed by atoms with Crippen molar-refractivity contribution in [2.75, 3.05) is 18.5 Å². The van der Waals surface area contributed by atoms with Crippen LogP contribution in [-0.2, 0) is 0 Å². The van der Waals surface area contributed by atoms with Gasteiger partial charge in [0.25, 0.3) is 0 Å². The molecule has 0 saturated heterocycles. The number of ether oxygens (including phenoxy) is 1. The average molecular weight is 251 g/mol. The van der Waals surface area contributed by atoms with Crippen LogP contribution in [0.2, 0.25) is 0 Å². The topological polar surface area (TPSA) is 63.2 Å². The molecule has 0 radical (unpaired) electrons. The Labute approximate surface area is 108 Å². The molecule has 0 bridgehead atoms. The van der Waals surface area contributed by atoms with Crippen LogP contribution in [0.1, 0.15) is 27.2 Å². The summed E-state index contributed by atoms with van der Waals surface area (Å²) in [6.07, 6.45) is 2.59. The Morgan fingerprint density at radius 2 is 2.28 bits per heavy atom. The van der Waals surface area contributed by atoms with Crippen LogP contribution in [0.25, 0.3) is 0 Å². The largest absolute Gasteiger partial charge is 0.476 e. The van der Waals surface area contributed by atoms with E-state index in [9.17, 15) is 4.79 Å². The van der Waals surface area contributed by atoms with Crippen LogP contribution >= 0.6 is 0 Å². The molecule has 0 unspecified atom stereocenters. The zero-order valence-electron chi connectivity index (χ0n) is 11.2. The van der Waals surface area contributed by atoms with Crippen molar-refractivity contribution in [3.05, 3.63) is 18.3 Å². The highest BCUT2D eigenvalue weighted by Crippen LogP contribution is 2.19. The van der Waals surface area contributed by atoms with E-state index in [0.29, 0.717) is 30.6 Å². The Hall–Kier alpha value is -1.78. The van der Waals surface area contributed by atoms with E-state index in [0.717, 1.165) is 6.42 Å². The first-order chi connectivity index (χ1) is 8.63. The zero-order chi connectivity index (χ0) is 13.4. The van der Waals surface area contributed by atoms with E-state index in [1.165, 1.54) is 0 Å². The summed E-state index contributed by atoms with van der Waals surface area (Å²) >= 11 is 0. The lowest BCUT2D eigenvalue weighted by molar-refractivity contribution is 0.251. The van der Waals surface area contributed by atoms with Crippen LogP contribution in [0.3, 0.4) is 0 Å². The summed E-state index contributed by atoms with van der Waals surface area (Å²) < 4.78 is 5.33. The van der Waals surface area contributed by atoms with E-state index >= 15 is 0 Å². The van der Waals surface area contributed by atoms with Crippen molar-refractivity contribution in [3.8, 4) is 5.88 Å². The number of carbonyl (C=O) groups excluding carboxylic acids is 1. The summed E-state index contributed by atoms with van der Waals surface area (Å²) in [5.41, 5.74) is 0.585. The van der Waals surface area contributed by atoms with Crippen LogP contribution in [0.4, 0.5) is 10.5 Å². The molecule has 0 fully saturated rings. The number of nitrogens with one attached hydrogen (secondary N) is 2. The number of amides is 2. The Kier molecular flexibility index (Phi) is 5.97. The van der Waals surface area contributed by atoms with E-state index in [4.69, 9.17) is 4.74 Å². The first kappa shape index (κ1) is 14.3. The number of rotatable bonds is 6. The molecule has 1 aromatic rings. The van der Waals surface area contributed by atoms with Gasteiger partial charge in [-0.05, 0) is 31.4 Å². The quantitative estimate of drug-likeness (QED) is 0.817. The predicted octanol–water partition coefficient (Wildman–Crippen LogP) is 2.65. The number of hydrogen-bond donors (Lipinski definition) is 2. The van der Waals surface area contributed by atoms with Gasteiger partial charge in [-0.15, -0.1) is 0 Å². The van der Waals surface area contributed by atoms with Gasteiger partial charge in [0.1, 0.15) is 5.69 Å². The molecule has 1 aromatic heterocycles. The van der Waals surface area contributed by atoms with Crippen LogP contribution in [-0.4, -0.2) is 24.2 Å². The van der Waals surface area contributed by atoms with Gasteiger partial charge in [0.05, 0.1) is 6.61 Å². The third kappa shape index (κ3) is 5.03. The lowest BCUT2D eigenvalue weighted by Crippen LogP contribution is -2.30. The highest BCUT2D eigenvalue weighted by atomic mass is 16.5. The highest BCUT2D eigenvalue weighted by molar-refractivity contribution is 5.90. The first-order valence-electron chi connectivity index (χ1n) is 6.26. The summed E-state index contributed by atoms with van der Waals surface area (Å²) in [6, 6.07) is 3.29. The Balaban J connectivity index is 2.48. The van der Waals surface area contributed by atoms with Gasteiger partial charge in [-0.1, -0.05) is 13.8 Å². The molecule has 0 atom stereocenters. The van der Waals surface area contributed by atoms with Crippen LogP contribution in [0, 0.1) is 5.92 Å². The molecule has 0 aliphatic rings. The number of nitrogens with zero attached hydrogens (tertiary/aromatic N) is 1. The predicted molar refractivity (Wildman–Crippen MR) is 71.9 cm³/mol. The average Bonchev–Trinajstić information content (AvgIpc) is 2.31. The van der Waals surface area contributed by atoms with Crippen molar-refractivity contribution in [3.63, 3.8) is 0 Å². The Morgan fingerprint density at radius 3 is 2.94 bits per heavy atom. The van der Waals surface area contributed by atoms with Crippen molar-refractivity contribution in [2.24, 2.45) is 5.92 Å². The maximum atomic E-state index is 11.6. The van der Waals surface area contributed by atoms with Crippen molar-refractivity contribution in [2.45, 2.75) is 27.2 Å². The number of carbonyl (C=O) groups is 1. The third-order valence-corrected chi connectivity index (χ3v) is 2.31. The monoisotopic (exact) mass is 251 g/mol. The zero-order valence-corrected chi connectivity index (χ0v) is 11.2. The van der Waals surface area contributed by atoms with Gasteiger partial charge in [0.15, 0.2) is 0 Å². The smallest absolute Gasteiger partial charge is 0.319 e. The van der Waals surface area contributed by atoms with Crippen LogP contribution in [0.5, 0.6) is 5.88 Å². The van der Waals surface area contributed by atoms with E-state index in [1.807, 2.05) is 6.92 Å². The Morgan fingerprint density at radius 1 is 1.50 bits per heavy atom. The van der Waals surface area contributed by atoms with Gasteiger partial charge >= 0.3 is 6.03 Å². The number of pyridine rings is 1. The number of aromatic nitrogens is 1. The van der Waals surface area contributed by atoms with Crippen molar-refractivity contribution in [1.29, 1.82) is 0 Å². The van der Waals surface area contributed by atoms with Gasteiger partial charge < -0.3 is 15.4 Å². The Bertz CT molecular complexity index is 380. The molecule has 1 heterocycles. The third-order valence-electron chi connectivity index (χ3n) is 2.31. The summed E-state index contributed by atoms with van der Waals surface area (Å²) in [4.78, 5) is 15.7. The van der Waals surface area contributed by atoms with E-state index in [1.54, 1.807) is 18.3 Å². The second-order valence-electron chi connectivity index (χ2n) is 4.35. The summed E-state index contributed by atoms with van der Waals surface area (Å²) in [6.45, 7) is 7.29. The van der Waals surface area contributed by atoms with Crippen LogP contribution < -0.4 is 15.4 Å². The van der Waals surface area contributed by atoms with E-state index in [-0.39, 0.29) is 6.03 Å². The van der Waals surface area contributed by atoms with Gasteiger partial charge in [-0.2, -0.15) is 0 Å². The second kappa shape index (κ2) is 7.53. The molecule has 0 saturated carbocycles. The van der Waals surface area contributed by atoms with Gasteiger partial charge in [-0.3, -0.25) is 0 Å². The molecule has 0 aliphatic heterocycles. The van der Waals surface area contributed by atoms with E-state index < -0.39 is 0 Å². The minimum Gasteiger partial charge on any atom is -0.476 e. The molecular weight excluding hydrogens is 230 g/mol. The maximum absolute atomic E-state index is 11.6. The highest BCUT2D eigenvalue weighted by Gasteiger charge is 2.07. The molecular formula is C13H21N3O2. The van der Waals surface area contributed by atoms with Gasteiger partial charge in [0, 0.05) is 12.7 Å². The molecule has 100 valence electrons. The molecule has 0 aliphatic carbocycles. The fourth-order valence-electron chi connectivity index (χ4n) is 1.38. The standard InChI is InChI=1S/C13H21N3O2/c1-4-18-12-11(6-5-8-14-12)16-13(17)15-9-7-10(2)3/h5-6,8,10H,4,7,9H2,1-3H3,(H2,15,16,17). The summed E-state index contributed by atoms with van der Waals surface area (Å²) in [7, 11) is 0. The lowest BCUT2D eigenvalue weighted by Gasteiger charge is -2.11. The number of anilines is 1. The first-order valence-corrected chi connectivity index (χ1v) is 6.26. The maximum Gasteiger partial charge on any atom is 0.319 e. The fraction of sp³-hybridized carbons (Fsp3) is 0.538. The normalized spacial score (nSPS) is 10.2. The molecule has 18 heavy (non-hydrogen) atoms. The minimum atomic E-state index is -0.232. The van der Waals surface area contributed by atoms with Crippen LogP contribution in [0.15, 0.2) is 18.3 Å². The molecule has 0 spiro atoms. The second-order valence-corrected chi connectivity index (χ2v) is 4.35. The van der Waals surface area contributed by atoms with Gasteiger partial charge in [-0.25, -0.2) is 9.78 Å². The van der Waals surface area contributed by atoms with Gasteiger partial charge in [0.2, 0.25) is 5.88 Å². The number of hydrogen-bond acceptors (Lipinski definition) is 3. The summed E-state index contributed by atoms with van der Waals surface area (Å²) in [5.74, 6) is 1.02. The van der Waals surface area contributed by atoms with Crippen molar-refractivity contribution < 1.29 is 9.53 Å². The molecule has 2 N–H and O–H groups in total. The minimum absolute atomic E-state index is 0.232. The molecule has 5 heteroatoms. The molecule has 5 nitrogen and oxygen atoms in total. The molecule has 0 aromatic carbocycles. The van der Waals surface area contributed by atoms with Crippen molar-refractivity contribution >= 4 is 11.7 Å². The molecule has 1 rings (SSSR count). The number of urea groups is 1. The lowest BCUT2D eigenvalue weighted by atomic mass is 10.1. The van der Waals surface area contributed by atoms with E-state index in [2.05, 4.69) is 29.5 Å². The fourth-order valence-corrected chi connectivity index (χ4v) is 1.38. The van der Waals surface area contributed by atoms with Crippen molar-refractivity contribution in [1.82, 2.24) is 10.3 Å².